The fourth-order valence-corrected chi connectivity index (χ4v) is 2.69. The summed E-state index contributed by atoms with van der Waals surface area (Å²) < 4.78 is 19.2. The van der Waals surface area contributed by atoms with Gasteiger partial charge in [-0.3, -0.25) is 4.98 Å². The van der Waals surface area contributed by atoms with Crippen molar-refractivity contribution in [2.45, 2.75) is 25.4 Å². The molecular weight excluding hydrogens is 340 g/mol. The van der Waals surface area contributed by atoms with Crippen molar-refractivity contribution in [2.24, 2.45) is 0 Å². The van der Waals surface area contributed by atoms with E-state index in [1.54, 1.807) is 6.07 Å². The van der Waals surface area contributed by atoms with Crippen molar-refractivity contribution in [3.63, 3.8) is 0 Å². The first-order valence-electron chi connectivity index (χ1n) is 7.33. The molecule has 1 saturated heterocycles. The van der Waals surface area contributed by atoms with Crippen molar-refractivity contribution < 1.29 is 9.13 Å². The second kappa shape index (κ2) is 8.43. The van der Waals surface area contributed by atoms with Gasteiger partial charge in [-0.15, -0.1) is 12.4 Å². The molecule has 0 bridgehead atoms. The Kier molecular flexibility index (Phi) is 6.57. The number of rotatable bonds is 4. The smallest absolute Gasteiger partial charge is 0.213 e. The molecule has 3 heterocycles. The lowest BCUT2D eigenvalue weighted by Gasteiger charge is -2.22. The van der Waals surface area contributed by atoms with E-state index in [4.69, 9.17) is 16.3 Å². The van der Waals surface area contributed by atoms with Crippen LogP contribution in [0.5, 0.6) is 5.88 Å². The summed E-state index contributed by atoms with van der Waals surface area (Å²) in [6, 6.07) is 6.94. The fraction of sp³-hybridized carbons (Fsp3) is 0.375. The molecular formula is C16H18Cl2FN3O. The fourth-order valence-electron chi connectivity index (χ4n) is 2.55. The second-order valence-corrected chi connectivity index (χ2v) is 5.73. The molecule has 0 atom stereocenters. The van der Waals surface area contributed by atoms with Crippen LogP contribution in [0.4, 0.5) is 4.39 Å². The van der Waals surface area contributed by atoms with E-state index in [9.17, 15) is 4.39 Å². The van der Waals surface area contributed by atoms with Gasteiger partial charge in [-0.1, -0.05) is 17.7 Å². The van der Waals surface area contributed by atoms with Crippen molar-refractivity contribution >= 4 is 24.0 Å². The molecule has 2 aromatic heterocycles. The number of ether oxygens (including phenoxy) is 1. The Labute approximate surface area is 145 Å². The normalized spacial score (nSPS) is 15.0. The first-order chi connectivity index (χ1) is 10.7. The molecule has 0 amide bonds. The van der Waals surface area contributed by atoms with Crippen LogP contribution in [0.2, 0.25) is 5.02 Å². The summed E-state index contributed by atoms with van der Waals surface area (Å²) in [6.07, 6.45) is 3.55. The maximum Gasteiger partial charge on any atom is 0.213 e. The van der Waals surface area contributed by atoms with Crippen molar-refractivity contribution in [2.75, 3.05) is 13.1 Å². The van der Waals surface area contributed by atoms with Crippen LogP contribution >= 0.6 is 24.0 Å². The largest absolute Gasteiger partial charge is 0.471 e. The number of hydrogen-bond donors (Lipinski definition) is 1. The molecule has 7 heteroatoms. The van der Waals surface area contributed by atoms with Gasteiger partial charge in [-0.2, -0.15) is 0 Å². The van der Waals surface area contributed by atoms with Crippen LogP contribution in [0.3, 0.4) is 0 Å². The average molecular weight is 358 g/mol. The number of hydrogen-bond acceptors (Lipinski definition) is 4. The van der Waals surface area contributed by atoms with Gasteiger partial charge in [0.25, 0.3) is 0 Å². The lowest BCUT2D eigenvalue weighted by Crippen LogP contribution is -2.27. The maximum atomic E-state index is 13.7. The van der Waals surface area contributed by atoms with Crippen LogP contribution in [-0.2, 0) is 6.61 Å². The molecule has 0 saturated carbocycles. The summed E-state index contributed by atoms with van der Waals surface area (Å²) >= 11 is 5.68. The minimum absolute atomic E-state index is 0. The average Bonchev–Trinajstić information content (AvgIpc) is 2.55. The Hall–Kier alpha value is -1.43. The monoisotopic (exact) mass is 357 g/mol. The number of halogens is 3. The highest BCUT2D eigenvalue weighted by Crippen LogP contribution is 2.25. The highest BCUT2D eigenvalue weighted by atomic mass is 35.5. The van der Waals surface area contributed by atoms with Crippen LogP contribution in [0.25, 0.3) is 0 Å². The second-order valence-electron chi connectivity index (χ2n) is 5.30. The topological polar surface area (TPSA) is 47.0 Å². The summed E-state index contributed by atoms with van der Waals surface area (Å²) in [6.45, 7) is 2.06. The van der Waals surface area contributed by atoms with E-state index in [1.807, 2.05) is 12.1 Å². The Morgan fingerprint density at radius 2 is 2.09 bits per heavy atom. The van der Waals surface area contributed by atoms with Gasteiger partial charge < -0.3 is 10.1 Å². The maximum absolute atomic E-state index is 13.7. The Balaban J connectivity index is 0.00000192. The zero-order valence-electron chi connectivity index (χ0n) is 12.5. The third-order valence-electron chi connectivity index (χ3n) is 3.74. The van der Waals surface area contributed by atoms with Crippen LogP contribution in [0.15, 0.2) is 30.5 Å². The molecule has 0 aliphatic carbocycles. The third-order valence-corrected chi connectivity index (χ3v) is 3.95. The molecule has 1 aliphatic heterocycles. The Morgan fingerprint density at radius 1 is 1.30 bits per heavy atom. The number of piperidine rings is 1. The molecule has 0 unspecified atom stereocenters. The van der Waals surface area contributed by atoms with Crippen LogP contribution < -0.4 is 10.1 Å². The number of nitrogens with zero attached hydrogens (tertiary/aromatic N) is 2. The SMILES string of the molecule is Cl.Fc1cc(Cl)cnc1COc1cccc(C2CCNCC2)n1. The van der Waals surface area contributed by atoms with Crippen molar-refractivity contribution in [3.8, 4) is 5.88 Å². The lowest BCUT2D eigenvalue weighted by atomic mass is 9.94. The van der Waals surface area contributed by atoms with Gasteiger partial charge in [-0.25, -0.2) is 9.37 Å². The summed E-state index contributed by atoms with van der Waals surface area (Å²) in [4.78, 5) is 8.47. The number of nitrogens with one attached hydrogen (secondary N) is 1. The van der Waals surface area contributed by atoms with Crippen LogP contribution in [0, 0.1) is 5.82 Å². The van der Waals surface area contributed by atoms with Gasteiger partial charge >= 0.3 is 0 Å². The summed E-state index contributed by atoms with van der Waals surface area (Å²) in [7, 11) is 0. The van der Waals surface area contributed by atoms with Crippen LogP contribution in [0.1, 0.15) is 30.1 Å². The molecule has 0 radical (unpaired) electrons. The van der Waals surface area contributed by atoms with Crippen molar-refractivity contribution in [3.05, 3.63) is 52.7 Å². The predicted octanol–water partition coefficient (Wildman–Crippen LogP) is 3.74. The highest BCUT2D eigenvalue weighted by molar-refractivity contribution is 6.30. The molecule has 23 heavy (non-hydrogen) atoms. The van der Waals surface area contributed by atoms with Gasteiger partial charge in [0.2, 0.25) is 5.88 Å². The first kappa shape index (κ1) is 17.9. The van der Waals surface area contributed by atoms with Gasteiger partial charge in [0.1, 0.15) is 18.1 Å². The molecule has 1 N–H and O–H groups in total. The van der Waals surface area contributed by atoms with E-state index in [0.717, 1.165) is 31.6 Å². The quantitative estimate of drug-likeness (QED) is 0.905. The minimum Gasteiger partial charge on any atom is -0.471 e. The molecule has 124 valence electrons. The van der Waals surface area contributed by atoms with Crippen molar-refractivity contribution in [1.82, 2.24) is 15.3 Å². The molecule has 1 fully saturated rings. The van der Waals surface area contributed by atoms with Crippen molar-refractivity contribution in [1.29, 1.82) is 0 Å². The number of aromatic nitrogens is 2. The first-order valence-corrected chi connectivity index (χ1v) is 7.70. The molecule has 3 rings (SSSR count). The molecule has 0 spiro atoms. The zero-order valence-corrected chi connectivity index (χ0v) is 14.0. The minimum atomic E-state index is -0.470. The summed E-state index contributed by atoms with van der Waals surface area (Å²) in [5.41, 5.74) is 1.25. The molecule has 0 aromatic carbocycles. The standard InChI is InChI=1S/C16H17ClFN3O.ClH/c17-12-8-13(18)15(20-9-12)10-22-16-3-1-2-14(21-16)11-4-6-19-7-5-11;/h1-3,8-9,11,19H,4-7,10H2;1H. The Morgan fingerprint density at radius 3 is 2.83 bits per heavy atom. The predicted molar refractivity (Wildman–Crippen MR) is 89.9 cm³/mol. The van der Waals surface area contributed by atoms with Gasteiger partial charge in [0.15, 0.2) is 0 Å². The van der Waals surface area contributed by atoms with E-state index in [1.165, 1.54) is 12.3 Å². The molecule has 4 nitrogen and oxygen atoms in total. The molecule has 1 aliphatic rings. The van der Waals surface area contributed by atoms with E-state index >= 15 is 0 Å². The van der Waals surface area contributed by atoms with Crippen LogP contribution in [-0.4, -0.2) is 23.1 Å². The van der Waals surface area contributed by atoms with Gasteiger partial charge in [0.05, 0.1) is 5.02 Å². The third kappa shape index (κ3) is 4.77. The summed E-state index contributed by atoms with van der Waals surface area (Å²) in [5.74, 6) is 0.476. The van der Waals surface area contributed by atoms with Gasteiger partial charge in [-0.05, 0) is 38.1 Å². The van der Waals surface area contributed by atoms with E-state index in [0.29, 0.717) is 11.8 Å². The number of pyridine rings is 2. The lowest BCUT2D eigenvalue weighted by molar-refractivity contribution is 0.280. The Bertz CT molecular complexity index is 651. The zero-order chi connectivity index (χ0) is 15.4. The van der Waals surface area contributed by atoms with E-state index in [-0.39, 0.29) is 29.7 Å². The summed E-state index contributed by atoms with van der Waals surface area (Å²) in [5, 5.41) is 3.61. The van der Waals surface area contributed by atoms with E-state index < -0.39 is 5.82 Å². The highest BCUT2D eigenvalue weighted by Gasteiger charge is 2.17. The molecule has 2 aromatic rings. The van der Waals surface area contributed by atoms with Gasteiger partial charge in [0, 0.05) is 23.9 Å². The van der Waals surface area contributed by atoms with E-state index in [2.05, 4.69) is 15.3 Å².